The monoisotopic (exact) mass is 402 g/mol. The molecule has 0 spiro atoms. The summed E-state index contributed by atoms with van der Waals surface area (Å²) >= 11 is 0.741. The number of nitrogens with zero attached hydrogens (tertiary/aromatic N) is 2. The van der Waals surface area contributed by atoms with Crippen molar-refractivity contribution in [3.05, 3.63) is 58.9 Å². The Balaban J connectivity index is 1.61. The molecule has 9 heteroatoms. The summed E-state index contributed by atoms with van der Waals surface area (Å²) in [6.07, 6.45) is 1.94. The van der Waals surface area contributed by atoms with E-state index in [-0.39, 0.29) is 17.2 Å². The number of hydrogen-bond donors (Lipinski definition) is 2. The summed E-state index contributed by atoms with van der Waals surface area (Å²) < 4.78 is 5.14. The van der Waals surface area contributed by atoms with E-state index >= 15 is 0 Å². The summed E-state index contributed by atoms with van der Waals surface area (Å²) in [5.74, 6) is -0.542. The SMILES string of the molecule is CN(C[C@H](O)c1ccc(O)cc1)C(=O)CN1C(=O)S/C(=C\c2ccco2)C1=O. The third-order valence-corrected chi connectivity index (χ3v) is 5.04. The Morgan fingerprint density at radius 2 is 2.00 bits per heavy atom. The van der Waals surface area contributed by atoms with Crippen LogP contribution >= 0.6 is 11.8 Å². The van der Waals surface area contributed by atoms with Crippen molar-refractivity contribution in [2.75, 3.05) is 20.1 Å². The maximum Gasteiger partial charge on any atom is 0.294 e. The van der Waals surface area contributed by atoms with Crippen LogP contribution in [0.25, 0.3) is 6.08 Å². The van der Waals surface area contributed by atoms with E-state index in [4.69, 9.17) is 4.42 Å². The number of hydrogen-bond acceptors (Lipinski definition) is 7. The molecule has 8 nitrogen and oxygen atoms in total. The first-order valence-electron chi connectivity index (χ1n) is 8.35. The third kappa shape index (κ3) is 4.44. The number of benzene rings is 1. The van der Waals surface area contributed by atoms with Gasteiger partial charge in [-0.3, -0.25) is 19.3 Å². The van der Waals surface area contributed by atoms with Crippen molar-refractivity contribution in [3.8, 4) is 5.75 Å². The number of likely N-dealkylation sites (N-methyl/N-ethyl adjacent to an activating group) is 1. The predicted molar refractivity (Wildman–Crippen MR) is 102 cm³/mol. The molecule has 0 unspecified atom stereocenters. The van der Waals surface area contributed by atoms with Crippen LogP contribution in [0.5, 0.6) is 5.75 Å². The molecule has 2 N–H and O–H groups in total. The second kappa shape index (κ2) is 8.32. The lowest BCUT2D eigenvalue weighted by Crippen LogP contribution is -2.41. The number of aliphatic hydroxyl groups excluding tert-OH is 1. The van der Waals surface area contributed by atoms with Gasteiger partial charge >= 0.3 is 0 Å². The number of aliphatic hydroxyl groups is 1. The number of phenols is 1. The van der Waals surface area contributed by atoms with E-state index in [9.17, 15) is 24.6 Å². The molecule has 0 radical (unpaired) electrons. The van der Waals surface area contributed by atoms with Crippen molar-refractivity contribution in [1.82, 2.24) is 9.80 Å². The molecule has 0 bridgehead atoms. The molecule has 1 aliphatic heterocycles. The number of imide groups is 1. The van der Waals surface area contributed by atoms with Crippen LogP contribution in [0.1, 0.15) is 17.4 Å². The lowest BCUT2D eigenvalue weighted by Gasteiger charge is -2.23. The highest BCUT2D eigenvalue weighted by atomic mass is 32.2. The molecule has 1 atom stereocenters. The zero-order valence-corrected chi connectivity index (χ0v) is 15.8. The Kier molecular flexibility index (Phi) is 5.86. The molecule has 1 fully saturated rings. The molecule has 1 aliphatic rings. The molecule has 1 saturated heterocycles. The number of amides is 3. The molecule has 0 aliphatic carbocycles. The Bertz CT molecular complexity index is 907. The van der Waals surface area contributed by atoms with Gasteiger partial charge in [-0.1, -0.05) is 12.1 Å². The number of furan rings is 1. The van der Waals surface area contributed by atoms with Crippen molar-refractivity contribution < 1.29 is 29.0 Å². The highest BCUT2D eigenvalue weighted by Gasteiger charge is 2.37. The number of thioether (sulfide) groups is 1. The molecule has 0 saturated carbocycles. The Morgan fingerprint density at radius 3 is 2.64 bits per heavy atom. The van der Waals surface area contributed by atoms with E-state index in [1.165, 1.54) is 36.4 Å². The number of rotatable bonds is 6. The van der Waals surface area contributed by atoms with E-state index in [1.807, 2.05) is 0 Å². The number of aromatic hydroxyl groups is 1. The Labute approximate surface area is 165 Å². The summed E-state index contributed by atoms with van der Waals surface area (Å²) in [4.78, 5) is 39.2. The summed E-state index contributed by atoms with van der Waals surface area (Å²) in [6.45, 7) is -0.443. The summed E-state index contributed by atoms with van der Waals surface area (Å²) in [5.41, 5.74) is 0.532. The fourth-order valence-corrected chi connectivity index (χ4v) is 3.38. The average Bonchev–Trinajstić information content (AvgIpc) is 3.26. The van der Waals surface area contributed by atoms with Gasteiger partial charge in [0.2, 0.25) is 5.91 Å². The first kappa shape index (κ1) is 19.7. The fourth-order valence-electron chi connectivity index (χ4n) is 2.56. The van der Waals surface area contributed by atoms with Crippen molar-refractivity contribution in [3.63, 3.8) is 0 Å². The largest absolute Gasteiger partial charge is 0.508 e. The lowest BCUT2D eigenvalue weighted by molar-refractivity contribution is -0.135. The van der Waals surface area contributed by atoms with Crippen molar-refractivity contribution in [1.29, 1.82) is 0 Å². The van der Waals surface area contributed by atoms with Crippen molar-refractivity contribution in [2.24, 2.45) is 0 Å². The number of phenolic OH excluding ortho intramolecular Hbond substituents is 1. The van der Waals surface area contributed by atoms with Gasteiger partial charge in [-0.2, -0.15) is 0 Å². The second-order valence-electron chi connectivity index (χ2n) is 6.16. The fraction of sp³-hybridized carbons (Fsp3) is 0.211. The maximum atomic E-state index is 12.4. The minimum Gasteiger partial charge on any atom is -0.508 e. The zero-order valence-electron chi connectivity index (χ0n) is 14.9. The number of carbonyl (C=O) groups excluding carboxylic acids is 3. The van der Waals surface area contributed by atoms with Gasteiger partial charge in [0.05, 0.1) is 23.8 Å². The molecule has 28 heavy (non-hydrogen) atoms. The molecular formula is C19H18N2O6S. The van der Waals surface area contributed by atoms with Gasteiger partial charge in [0, 0.05) is 13.1 Å². The molecule has 1 aromatic heterocycles. The van der Waals surface area contributed by atoms with Gasteiger partial charge in [0.1, 0.15) is 18.1 Å². The van der Waals surface area contributed by atoms with E-state index in [0.717, 1.165) is 16.7 Å². The van der Waals surface area contributed by atoms with Gasteiger partial charge in [-0.05, 0) is 41.6 Å². The third-order valence-electron chi connectivity index (χ3n) is 4.13. The van der Waals surface area contributed by atoms with Crippen molar-refractivity contribution in [2.45, 2.75) is 6.10 Å². The minimum absolute atomic E-state index is 0.0257. The highest BCUT2D eigenvalue weighted by Crippen LogP contribution is 2.32. The molecule has 146 valence electrons. The smallest absolute Gasteiger partial charge is 0.294 e. The van der Waals surface area contributed by atoms with Gasteiger partial charge in [0.15, 0.2) is 0 Å². The van der Waals surface area contributed by atoms with E-state index < -0.39 is 29.7 Å². The molecule has 2 heterocycles. The summed E-state index contributed by atoms with van der Waals surface area (Å²) in [6, 6.07) is 9.28. The van der Waals surface area contributed by atoms with Crippen LogP contribution in [0.4, 0.5) is 4.79 Å². The first-order valence-corrected chi connectivity index (χ1v) is 9.16. The van der Waals surface area contributed by atoms with E-state index in [2.05, 4.69) is 0 Å². The number of carbonyl (C=O) groups is 3. The standard InChI is InChI=1S/C19H18N2O6S/c1-20(10-15(23)12-4-6-13(22)7-5-12)17(24)11-21-18(25)16(28-19(21)26)9-14-3-2-8-27-14/h2-9,15,22-23H,10-11H2,1H3/b16-9-/t15-/m0/s1. The maximum absolute atomic E-state index is 12.4. The van der Waals surface area contributed by atoms with Gasteiger partial charge in [-0.25, -0.2) is 0 Å². The van der Waals surface area contributed by atoms with Gasteiger partial charge in [-0.15, -0.1) is 0 Å². The van der Waals surface area contributed by atoms with Gasteiger partial charge < -0.3 is 19.5 Å². The Hall–Kier alpha value is -3.04. The highest BCUT2D eigenvalue weighted by molar-refractivity contribution is 8.18. The first-order chi connectivity index (χ1) is 13.3. The summed E-state index contributed by atoms with van der Waals surface area (Å²) in [7, 11) is 1.48. The van der Waals surface area contributed by atoms with Crippen LogP contribution < -0.4 is 0 Å². The normalized spacial score (nSPS) is 16.6. The Morgan fingerprint density at radius 1 is 1.29 bits per heavy atom. The zero-order chi connectivity index (χ0) is 20.3. The predicted octanol–water partition coefficient (Wildman–Crippen LogP) is 2.21. The van der Waals surface area contributed by atoms with E-state index in [1.54, 1.807) is 24.3 Å². The van der Waals surface area contributed by atoms with Crippen LogP contribution in [-0.2, 0) is 9.59 Å². The quantitative estimate of drug-likeness (QED) is 0.713. The van der Waals surface area contributed by atoms with Crippen LogP contribution in [-0.4, -0.2) is 57.2 Å². The van der Waals surface area contributed by atoms with Crippen LogP contribution in [0.3, 0.4) is 0 Å². The lowest BCUT2D eigenvalue weighted by atomic mass is 10.1. The topological polar surface area (TPSA) is 111 Å². The minimum atomic E-state index is -0.969. The molecular weight excluding hydrogens is 384 g/mol. The second-order valence-corrected chi connectivity index (χ2v) is 7.16. The average molecular weight is 402 g/mol. The molecule has 1 aromatic carbocycles. The molecule has 2 aromatic rings. The molecule has 3 amide bonds. The van der Waals surface area contributed by atoms with Crippen LogP contribution in [0.2, 0.25) is 0 Å². The molecule has 3 rings (SSSR count). The van der Waals surface area contributed by atoms with Gasteiger partial charge in [0.25, 0.3) is 11.1 Å². The van der Waals surface area contributed by atoms with Crippen LogP contribution in [0, 0.1) is 0 Å². The van der Waals surface area contributed by atoms with E-state index in [0.29, 0.717) is 11.3 Å². The summed E-state index contributed by atoms with van der Waals surface area (Å²) in [5, 5.41) is 19.0. The van der Waals surface area contributed by atoms with Crippen LogP contribution in [0.15, 0.2) is 52.0 Å². The van der Waals surface area contributed by atoms with Crippen molar-refractivity contribution >= 4 is 34.9 Å².